The first-order valence-electron chi connectivity index (χ1n) is 3.91. The molecule has 76 valence electrons. The Morgan fingerprint density at radius 2 is 2.08 bits per heavy atom. The predicted molar refractivity (Wildman–Crippen MR) is 55.5 cm³/mol. The molecule has 1 aliphatic heterocycles. The van der Waals surface area contributed by atoms with Crippen LogP contribution in [0.25, 0.3) is 0 Å². The van der Waals surface area contributed by atoms with Gasteiger partial charge in [-0.05, 0) is 13.3 Å². The molecular formula is C7H18Cl2N2O. The van der Waals surface area contributed by atoms with Gasteiger partial charge in [0.2, 0.25) is 0 Å². The van der Waals surface area contributed by atoms with Crippen LogP contribution >= 0.6 is 24.8 Å². The van der Waals surface area contributed by atoms with Gasteiger partial charge in [-0.15, -0.1) is 24.8 Å². The van der Waals surface area contributed by atoms with Crippen LogP contribution in [0.5, 0.6) is 0 Å². The predicted octanol–water partition coefficient (Wildman–Crippen LogP) is 0.162. The van der Waals surface area contributed by atoms with Gasteiger partial charge in [0, 0.05) is 25.7 Å². The molecule has 1 fully saturated rings. The third kappa shape index (κ3) is 6.03. The maximum absolute atomic E-state index is 9.04. The van der Waals surface area contributed by atoms with Crippen molar-refractivity contribution in [2.45, 2.75) is 25.5 Å². The highest BCUT2D eigenvalue weighted by Crippen LogP contribution is 1.97. The zero-order valence-electron chi connectivity index (χ0n) is 7.25. The van der Waals surface area contributed by atoms with E-state index in [-0.39, 0.29) is 30.9 Å². The fraction of sp³-hybridized carbons (Fsp3) is 1.00. The summed E-state index contributed by atoms with van der Waals surface area (Å²) < 4.78 is 0. The normalized spacial score (nSPS) is 25.0. The van der Waals surface area contributed by atoms with E-state index < -0.39 is 0 Å². The fourth-order valence-corrected chi connectivity index (χ4v) is 1.29. The molecule has 1 aliphatic rings. The Bertz CT molecular complexity index is 97.4. The van der Waals surface area contributed by atoms with E-state index in [2.05, 4.69) is 10.6 Å². The van der Waals surface area contributed by atoms with Gasteiger partial charge in [-0.25, -0.2) is 0 Å². The molecule has 0 radical (unpaired) electrons. The highest BCUT2D eigenvalue weighted by atomic mass is 35.5. The summed E-state index contributed by atoms with van der Waals surface area (Å²) in [4.78, 5) is 0. The van der Waals surface area contributed by atoms with E-state index in [1.54, 1.807) is 0 Å². The Hall–Kier alpha value is 0.460. The maximum Gasteiger partial charge on any atom is 0.0527 e. The van der Waals surface area contributed by atoms with Crippen LogP contribution in [0.4, 0.5) is 0 Å². The summed E-state index contributed by atoms with van der Waals surface area (Å²) in [6.45, 7) is 4.90. The quantitative estimate of drug-likeness (QED) is 0.617. The molecule has 0 aromatic rings. The monoisotopic (exact) mass is 216 g/mol. The molecule has 5 heteroatoms. The van der Waals surface area contributed by atoms with Crippen LogP contribution in [-0.2, 0) is 0 Å². The van der Waals surface area contributed by atoms with E-state index in [1.807, 2.05) is 6.92 Å². The van der Waals surface area contributed by atoms with Crippen molar-refractivity contribution in [2.75, 3.05) is 19.6 Å². The molecule has 0 spiro atoms. The van der Waals surface area contributed by atoms with Crippen LogP contribution in [0.15, 0.2) is 0 Å². The lowest BCUT2D eigenvalue weighted by Crippen LogP contribution is -2.49. The Balaban J connectivity index is 0. The highest BCUT2D eigenvalue weighted by molar-refractivity contribution is 5.85. The number of nitrogens with one attached hydrogen (secondary N) is 2. The zero-order chi connectivity index (χ0) is 7.40. The first-order valence-corrected chi connectivity index (χ1v) is 3.91. The van der Waals surface area contributed by atoms with Gasteiger partial charge in [0.25, 0.3) is 0 Å². The van der Waals surface area contributed by atoms with E-state index in [1.165, 1.54) is 0 Å². The van der Waals surface area contributed by atoms with Crippen LogP contribution in [0.3, 0.4) is 0 Å². The topological polar surface area (TPSA) is 44.3 Å². The SMILES string of the molecule is C[C@H](O)CC1CNCCN1.Cl.Cl. The third-order valence-corrected chi connectivity index (χ3v) is 1.75. The number of rotatable bonds is 2. The molecule has 3 N–H and O–H groups in total. The van der Waals surface area contributed by atoms with E-state index in [4.69, 9.17) is 5.11 Å². The number of aliphatic hydroxyl groups excluding tert-OH is 1. The molecule has 0 aromatic carbocycles. The maximum atomic E-state index is 9.04. The summed E-state index contributed by atoms with van der Waals surface area (Å²) in [5, 5.41) is 15.6. The smallest absolute Gasteiger partial charge is 0.0527 e. The first kappa shape index (κ1) is 15.0. The van der Waals surface area contributed by atoms with Gasteiger partial charge < -0.3 is 15.7 Å². The summed E-state index contributed by atoms with van der Waals surface area (Å²) in [5.41, 5.74) is 0. The van der Waals surface area contributed by atoms with Crippen LogP contribution in [0.1, 0.15) is 13.3 Å². The van der Waals surface area contributed by atoms with Gasteiger partial charge >= 0.3 is 0 Å². The largest absolute Gasteiger partial charge is 0.393 e. The summed E-state index contributed by atoms with van der Waals surface area (Å²) >= 11 is 0. The molecule has 0 saturated carbocycles. The molecule has 2 atom stereocenters. The van der Waals surface area contributed by atoms with Gasteiger partial charge in [0.1, 0.15) is 0 Å². The van der Waals surface area contributed by atoms with Crippen LogP contribution in [-0.4, -0.2) is 36.9 Å². The van der Waals surface area contributed by atoms with Crippen molar-refractivity contribution in [3.8, 4) is 0 Å². The number of piperazine rings is 1. The lowest BCUT2D eigenvalue weighted by atomic mass is 10.1. The average Bonchev–Trinajstić information content (AvgIpc) is 1.88. The van der Waals surface area contributed by atoms with Crippen molar-refractivity contribution in [3.63, 3.8) is 0 Å². The molecule has 0 aromatic heterocycles. The number of hydrogen-bond donors (Lipinski definition) is 3. The minimum Gasteiger partial charge on any atom is -0.393 e. The Kier molecular flexibility index (Phi) is 10.1. The van der Waals surface area contributed by atoms with Crippen molar-refractivity contribution in [3.05, 3.63) is 0 Å². The van der Waals surface area contributed by atoms with Gasteiger partial charge in [-0.2, -0.15) is 0 Å². The van der Waals surface area contributed by atoms with Crippen LogP contribution in [0.2, 0.25) is 0 Å². The van der Waals surface area contributed by atoms with E-state index in [0.29, 0.717) is 6.04 Å². The number of aliphatic hydroxyl groups is 1. The van der Waals surface area contributed by atoms with Crippen molar-refractivity contribution in [2.24, 2.45) is 0 Å². The molecular weight excluding hydrogens is 199 g/mol. The van der Waals surface area contributed by atoms with Crippen molar-refractivity contribution in [1.82, 2.24) is 10.6 Å². The minimum atomic E-state index is -0.183. The average molecular weight is 217 g/mol. The Labute approximate surface area is 86.1 Å². The van der Waals surface area contributed by atoms with E-state index in [9.17, 15) is 0 Å². The van der Waals surface area contributed by atoms with Gasteiger partial charge in [-0.1, -0.05) is 0 Å². The van der Waals surface area contributed by atoms with Crippen molar-refractivity contribution < 1.29 is 5.11 Å². The summed E-state index contributed by atoms with van der Waals surface area (Å²) in [5.74, 6) is 0. The summed E-state index contributed by atoms with van der Waals surface area (Å²) in [6, 6.07) is 0.466. The molecule has 0 bridgehead atoms. The second-order valence-electron chi connectivity index (χ2n) is 2.94. The third-order valence-electron chi connectivity index (χ3n) is 1.75. The molecule has 1 unspecified atom stereocenters. The molecule has 1 rings (SSSR count). The standard InChI is InChI=1S/C7H16N2O.2ClH/c1-6(10)4-7-5-8-2-3-9-7;;/h6-10H,2-5H2,1H3;2*1H/t6-,7?;;/m0../s1. The van der Waals surface area contributed by atoms with Crippen LogP contribution in [0, 0.1) is 0 Å². The van der Waals surface area contributed by atoms with Crippen molar-refractivity contribution >= 4 is 24.8 Å². The lowest BCUT2D eigenvalue weighted by molar-refractivity contribution is 0.163. The molecule has 0 aliphatic carbocycles. The van der Waals surface area contributed by atoms with E-state index >= 15 is 0 Å². The van der Waals surface area contributed by atoms with E-state index in [0.717, 1.165) is 26.1 Å². The molecule has 1 saturated heterocycles. The van der Waals surface area contributed by atoms with Gasteiger partial charge in [-0.3, -0.25) is 0 Å². The second-order valence-corrected chi connectivity index (χ2v) is 2.94. The molecule has 0 amide bonds. The van der Waals surface area contributed by atoms with Gasteiger partial charge in [0.15, 0.2) is 0 Å². The number of hydrogen-bond acceptors (Lipinski definition) is 3. The Morgan fingerprint density at radius 1 is 1.42 bits per heavy atom. The van der Waals surface area contributed by atoms with Crippen molar-refractivity contribution in [1.29, 1.82) is 0 Å². The summed E-state index contributed by atoms with van der Waals surface area (Å²) in [7, 11) is 0. The fourth-order valence-electron chi connectivity index (χ4n) is 1.29. The summed E-state index contributed by atoms with van der Waals surface area (Å²) in [6.07, 6.45) is 0.671. The second kappa shape index (κ2) is 8.08. The molecule has 1 heterocycles. The molecule has 3 nitrogen and oxygen atoms in total. The van der Waals surface area contributed by atoms with Crippen LogP contribution < -0.4 is 10.6 Å². The molecule has 12 heavy (non-hydrogen) atoms. The highest BCUT2D eigenvalue weighted by Gasteiger charge is 2.13. The van der Waals surface area contributed by atoms with Gasteiger partial charge in [0.05, 0.1) is 6.10 Å². The Morgan fingerprint density at radius 3 is 2.50 bits per heavy atom. The first-order chi connectivity index (χ1) is 4.79. The minimum absolute atomic E-state index is 0. The zero-order valence-corrected chi connectivity index (χ0v) is 8.88. The number of halogens is 2. The lowest BCUT2D eigenvalue weighted by Gasteiger charge is -2.25.